The molecule has 2 heterocycles. The van der Waals surface area contributed by atoms with Gasteiger partial charge in [0, 0.05) is 44.3 Å². The summed E-state index contributed by atoms with van der Waals surface area (Å²) in [5.41, 5.74) is 2.16. The van der Waals surface area contributed by atoms with Crippen LogP contribution in [-0.2, 0) is 5.41 Å². The molecule has 2 amide bonds. The summed E-state index contributed by atoms with van der Waals surface area (Å²) >= 11 is 0. The highest BCUT2D eigenvalue weighted by molar-refractivity contribution is 5.74. The Morgan fingerprint density at radius 2 is 1.79 bits per heavy atom. The molecule has 1 saturated carbocycles. The van der Waals surface area contributed by atoms with E-state index in [0.29, 0.717) is 19.6 Å². The van der Waals surface area contributed by atoms with Gasteiger partial charge in [-0.2, -0.15) is 0 Å². The van der Waals surface area contributed by atoms with Crippen molar-refractivity contribution in [2.24, 2.45) is 0 Å². The number of rotatable bonds is 4. The van der Waals surface area contributed by atoms with Crippen molar-refractivity contribution in [3.8, 4) is 0 Å². The summed E-state index contributed by atoms with van der Waals surface area (Å²) in [7, 11) is 0. The maximum atomic E-state index is 13.3. The molecule has 28 heavy (non-hydrogen) atoms. The smallest absolute Gasteiger partial charge is 0.317 e. The van der Waals surface area contributed by atoms with Gasteiger partial charge in [0.25, 0.3) is 0 Å². The summed E-state index contributed by atoms with van der Waals surface area (Å²) in [6.45, 7) is 3.62. The van der Waals surface area contributed by atoms with E-state index in [-0.39, 0.29) is 17.3 Å². The van der Waals surface area contributed by atoms with Crippen LogP contribution in [0.3, 0.4) is 0 Å². The van der Waals surface area contributed by atoms with Crippen molar-refractivity contribution in [2.45, 2.75) is 31.1 Å². The van der Waals surface area contributed by atoms with Gasteiger partial charge in [0.15, 0.2) is 0 Å². The first-order chi connectivity index (χ1) is 13.7. The highest BCUT2D eigenvalue weighted by atomic mass is 19.1. The molecule has 0 unspecified atom stereocenters. The first-order valence-corrected chi connectivity index (χ1v) is 10.1. The third kappa shape index (κ3) is 3.96. The van der Waals surface area contributed by atoms with E-state index < -0.39 is 0 Å². The monoisotopic (exact) mass is 382 g/mol. The molecular formula is C22H27FN4O. The largest absolute Gasteiger partial charge is 0.367 e. The van der Waals surface area contributed by atoms with Crippen LogP contribution in [0.15, 0.2) is 48.8 Å². The molecule has 0 spiro atoms. The summed E-state index contributed by atoms with van der Waals surface area (Å²) < 4.78 is 13.3. The van der Waals surface area contributed by atoms with Gasteiger partial charge < -0.3 is 15.1 Å². The predicted octanol–water partition coefficient (Wildman–Crippen LogP) is 3.56. The minimum Gasteiger partial charge on any atom is -0.367 e. The second-order valence-electron chi connectivity index (χ2n) is 7.84. The Labute approximate surface area is 165 Å². The van der Waals surface area contributed by atoms with Gasteiger partial charge in [-0.15, -0.1) is 0 Å². The first kappa shape index (κ1) is 18.7. The zero-order valence-electron chi connectivity index (χ0n) is 16.1. The predicted molar refractivity (Wildman–Crippen MR) is 108 cm³/mol. The van der Waals surface area contributed by atoms with Crippen LogP contribution in [0.5, 0.6) is 0 Å². The molecule has 1 aliphatic heterocycles. The van der Waals surface area contributed by atoms with Crippen molar-refractivity contribution in [3.63, 3.8) is 0 Å². The number of carbonyl (C=O) groups is 1. The second kappa shape index (κ2) is 8.17. The maximum Gasteiger partial charge on any atom is 0.317 e. The van der Waals surface area contributed by atoms with Crippen LogP contribution in [0.25, 0.3) is 0 Å². The number of hydrogen-bond donors (Lipinski definition) is 1. The molecule has 1 aromatic carbocycles. The maximum absolute atomic E-state index is 13.3. The second-order valence-corrected chi connectivity index (χ2v) is 7.84. The van der Waals surface area contributed by atoms with Crippen LogP contribution in [0.1, 0.15) is 31.2 Å². The zero-order valence-corrected chi connectivity index (χ0v) is 16.1. The Hall–Kier alpha value is -2.63. The number of benzene rings is 1. The normalized spacial score (nSPS) is 18.9. The van der Waals surface area contributed by atoms with E-state index in [1.54, 1.807) is 6.20 Å². The molecule has 1 aromatic heterocycles. The molecule has 2 fully saturated rings. The Balaban J connectivity index is 1.34. The highest BCUT2D eigenvalue weighted by Crippen LogP contribution is 2.40. The Morgan fingerprint density at radius 1 is 1.07 bits per heavy atom. The highest BCUT2D eigenvalue weighted by Gasteiger charge is 2.36. The summed E-state index contributed by atoms with van der Waals surface area (Å²) in [4.78, 5) is 21.1. The number of piperazine rings is 1. The zero-order chi connectivity index (χ0) is 19.4. The molecule has 5 nitrogen and oxygen atoms in total. The quantitative estimate of drug-likeness (QED) is 0.880. The topological polar surface area (TPSA) is 48.5 Å². The molecule has 1 saturated heterocycles. The summed E-state index contributed by atoms with van der Waals surface area (Å²) in [5, 5.41) is 3.17. The van der Waals surface area contributed by atoms with E-state index in [4.69, 9.17) is 0 Å². The number of carbonyl (C=O) groups excluding carboxylic acids is 1. The van der Waals surface area contributed by atoms with E-state index in [0.717, 1.165) is 50.0 Å². The number of urea groups is 1. The molecule has 0 atom stereocenters. The number of halogens is 1. The molecule has 1 aliphatic carbocycles. The Morgan fingerprint density at radius 3 is 2.43 bits per heavy atom. The number of aromatic nitrogens is 1. The van der Waals surface area contributed by atoms with Gasteiger partial charge in [0.1, 0.15) is 5.82 Å². The van der Waals surface area contributed by atoms with E-state index in [2.05, 4.69) is 21.3 Å². The molecule has 1 N–H and O–H groups in total. The molecule has 148 valence electrons. The van der Waals surface area contributed by atoms with Crippen LogP contribution in [-0.4, -0.2) is 48.6 Å². The summed E-state index contributed by atoms with van der Waals surface area (Å²) in [6.07, 6.45) is 8.00. The fraction of sp³-hybridized carbons (Fsp3) is 0.455. The number of amides is 2. The molecule has 2 aromatic rings. The molecule has 2 aliphatic rings. The van der Waals surface area contributed by atoms with Crippen LogP contribution in [0, 0.1) is 5.82 Å². The third-order valence-corrected chi connectivity index (χ3v) is 6.17. The van der Waals surface area contributed by atoms with Crippen molar-refractivity contribution >= 4 is 11.7 Å². The van der Waals surface area contributed by atoms with Crippen LogP contribution in [0.2, 0.25) is 0 Å². The Kier molecular flexibility index (Phi) is 5.46. The van der Waals surface area contributed by atoms with Crippen LogP contribution >= 0.6 is 0 Å². The van der Waals surface area contributed by atoms with Crippen molar-refractivity contribution < 1.29 is 9.18 Å². The number of pyridine rings is 1. The van der Waals surface area contributed by atoms with E-state index >= 15 is 0 Å². The van der Waals surface area contributed by atoms with Crippen molar-refractivity contribution in [3.05, 3.63) is 60.2 Å². The van der Waals surface area contributed by atoms with Gasteiger partial charge in [-0.05, 0) is 42.7 Å². The van der Waals surface area contributed by atoms with Gasteiger partial charge in [-0.3, -0.25) is 4.98 Å². The van der Waals surface area contributed by atoms with Gasteiger partial charge in [-0.1, -0.05) is 25.0 Å². The summed E-state index contributed by atoms with van der Waals surface area (Å²) in [6, 6.07) is 10.8. The van der Waals surface area contributed by atoms with Gasteiger partial charge in [0.05, 0.1) is 11.9 Å². The fourth-order valence-electron chi connectivity index (χ4n) is 4.49. The third-order valence-electron chi connectivity index (χ3n) is 6.17. The standard InChI is InChI=1S/C22H27FN4O/c23-19-7-5-18(6-8-19)22(9-1-2-10-22)17-25-21(28)27-14-12-26(13-15-27)20-4-3-11-24-16-20/h3-8,11,16H,1-2,9-10,12-15,17H2,(H,25,28). The average molecular weight is 382 g/mol. The molecule has 6 heteroatoms. The van der Waals surface area contributed by atoms with Crippen LogP contribution in [0.4, 0.5) is 14.9 Å². The average Bonchev–Trinajstić information content (AvgIpc) is 3.23. The van der Waals surface area contributed by atoms with Crippen molar-refractivity contribution in [2.75, 3.05) is 37.6 Å². The molecule has 0 bridgehead atoms. The lowest BCUT2D eigenvalue weighted by Gasteiger charge is -2.37. The SMILES string of the molecule is O=C(NCC1(c2ccc(F)cc2)CCCC1)N1CCN(c2cccnc2)CC1. The number of anilines is 1. The fourth-order valence-corrected chi connectivity index (χ4v) is 4.49. The van der Waals surface area contributed by atoms with Gasteiger partial charge in [0.2, 0.25) is 0 Å². The van der Waals surface area contributed by atoms with Crippen molar-refractivity contribution in [1.29, 1.82) is 0 Å². The molecule has 0 radical (unpaired) electrons. The van der Waals surface area contributed by atoms with Crippen LogP contribution < -0.4 is 10.2 Å². The lowest BCUT2D eigenvalue weighted by atomic mass is 9.79. The van der Waals surface area contributed by atoms with E-state index in [9.17, 15) is 9.18 Å². The number of hydrogen-bond acceptors (Lipinski definition) is 3. The summed E-state index contributed by atoms with van der Waals surface area (Å²) in [5.74, 6) is -0.215. The lowest BCUT2D eigenvalue weighted by molar-refractivity contribution is 0.191. The molecular weight excluding hydrogens is 355 g/mol. The number of nitrogens with one attached hydrogen (secondary N) is 1. The van der Waals surface area contributed by atoms with E-state index in [1.807, 2.05) is 29.3 Å². The minimum absolute atomic E-state index is 0.000719. The van der Waals surface area contributed by atoms with Gasteiger partial charge >= 0.3 is 6.03 Å². The number of nitrogens with zero attached hydrogens (tertiary/aromatic N) is 3. The van der Waals surface area contributed by atoms with E-state index in [1.165, 1.54) is 12.1 Å². The Bertz CT molecular complexity index is 782. The lowest BCUT2D eigenvalue weighted by Crippen LogP contribution is -2.53. The first-order valence-electron chi connectivity index (χ1n) is 10.1. The van der Waals surface area contributed by atoms with Crippen molar-refractivity contribution in [1.82, 2.24) is 15.2 Å². The molecule has 4 rings (SSSR count). The minimum atomic E-state index is -0.215. The van der Waals surface area contributed by atoms with Gasteiger partial charge in [-0.25, -0.2) is 9.18 Å².